The van der Waals surface area contributed by atoms with Gasteiger partial charge in [0, 0.05) is 19.6 Å². The molecule has 0 spiro atoms. The summed E-state index contributed by atoms with van der Waals surface area (Å²) in [5, 5.41) is 0. The fraction of sp³-hybridized carbons (Fsp3) is 0.889. The van der Waals surface area contributed by atoms with E-state index in [0.717, 1.165) is 64.6 Å². The minimum absolute atomic E-state index is 0.133. The highest BCUT2D eigenvalue weighted by atomic mass is 16.6. The second kappa shape index (κ2) is 20.2. The minimum atomic E-state index is -1.07. The molecule has 4 rings (SSSR count). The first-order chi connectivity index (χ1) is 22.4. The van der Waals surface area contributed by atoms with Gasteiger partial charge in [-0.15, -0.1) is 0 Å². The summed E-state index contributed by atoms with van der Waals surface area (Å²) in [6.07, 6.45) is 20.4. The number of rotatable bonds is 14. The van der Waals surface area contributed by atoms with Crippen molar-refractivity contribution >= 4 is 23.9 Å². The molecule has 0 radical (unpaired) electrons. The van der Waals surface area contributed by atoms with Gasteiger partial charge in [0.25, 0.3) is 0 Å². The lowest BCUT2D eigenvalue weighted by Gasteiger charge is -2.30. The van der Waals surface area contributed by atoms with Crippen molar-refractivity contribution in [3.05, 3.63) is 0 Å². The fourth-order valence-corrected chi connectivity index (χ4v) is 7.35. The summed E-state index contributed by atoms with van der Waals surface area (Å²) in [5.41, 5.74) is 0. The Hall–Kier alpha value is -2.20. The van der Waals surface area contributed by atoms with Gasteiger partial charge in [0.05, 0.1) is 32.0 Å². The SMILES string of the molecule is CC(CCOC(=O)C(=O)OCC1CCC(OCC2CCCCC2)CC1)OC(=O)C(=O)OCC1CCC(OCC2CCCCC2)CC1. The highest BCUT2D eigenvalue weighted by Gasteiger charge is 2.28. The first kappa shape index (κ1) is 36.6. The normalized spacial score (nSPS) is 26.9. The highest BCUT2D eigenvalue weighted by Crippen LogP contribution is 2.31. The molecule has 10 heteroatoms. The Morgan fingerprint density at radius 3 is 1.33 bits per heavy atom. The van der Waals surface area contributed by atoms with E-state index in [2.05, 4.69) is 0 Å². The third-order valence-corrected chi connectivity index (χ3v) is 10.5. The third kappa shape index (κ3) is 13.5. The summed E-state index contributed by atoms with van der Waals surface area (Å²) in [5.74, 6) is -2.36. The van der Waals surface area contributed by atoms with E-state index >= 15 is 0 Å². The Bertz CT molecular complexity index is 925. The maximum atomic E-state index is 12.2. The summed E-state index contributed by atoms with van der Waals surface area (Å²) in [7, 11) is 0. The molecule has 0 aromatic carbocycles. The average Bonchev–Trinajstić information content (AvgIpc) is 3.09. The van der Waals surface area contributed by atoms with Crippen LogP contribution in [0.4, 0.5) is 0 Å². The quantitative estimate of drug-likeness (QED) is 0.121. The van der Waals surface area contributed by atoms with Crippen LogP contribution in [-0.2, 0) is 47.6 Å². The van der Waals surface area contributed by atoms with E-state index in [1.54, 1.807) is 6.92 Å². The second-order valence-corrected chi connectivity index (χ2v) is 14.3. The summed E-state index contributed by atoms with van der Waals surface area (Å²) >= 11 is 0. The van der Waals surface area contributed by atoms with Gasteiger partial charge in [0.15, 0.2) is 0 Å². The number of carbonyl (C=O) groups is 4. The van der Waals surface area contributed by atoms with Crippen molar-refractivity contribution in [2.75, 3.05) is 33.0 Å². The van der Waals surface area contributed by atoms with Crippen LogP contribution in [0.3, 0.4) is 0 Å². The number of ether oxygens (including phenoxy) is 6. The lowest BCUT2D eigenvalue weighted by molar-refractivity contribution is -0.173. The first-order valence-electron chi connectivity index (χ1n) is 18.3. The van der Waals surface area contributed by atoms with Crippen LogP contribution >= 0.6 is 0 Å². The Labute approximate surface area is 275 Å². The molecule has 0 aromatic rings. The van der Waals surface area contributed by atoms with Crippen LogP contribution in [0.2, 0.25) is 0 Å². The highest BCUT2D eigenvalue weighted by molar-refractivity contribution is 6.30. The molecule has 262 valence electrons. The molecule has 0 aromatic heterocycles. The Balaban J connectivity index is 0.979. The molecule has 1 atom stereocenters. The summed E-state index contributed by atoms with van der Waals surface area (Å²) in [6.45, 7) is 3.53. The van der Waals surface area contributed by atoms with E-state index in [0.29, 0.717) is 11.8 Å². The van der Waals surface area contributed by atoms with Crippen LogP contribution in [0.25, 0.3) is 0 Å². The summed E-state index contributed by atoms with van der Waals surface area (Å²) in [4.78, 5) is 48.5. The van der Waals surface area contributed by atoms with Crippen molar-refractivity contribution < 1.29 is 47.6 Å². The summed E-state index contributed by atoms with van der Waals surface area (Å²) in [6, 6.07) is 0. The second-order valence-electron chi connectivity index (χ2n) is 14.3. The van der Waals surface area contributed by atoms with Crippen molar-refractivity contribution in [1.82, 2.24) is 0 Å². The predicted octanol–water partition coefficient (Wildman–Crippen LogP) is 6.25. The van der Waals surface area contributed by atoms with E-state index in [-0.39, 0.29) is 50.3 Å². The molecule has 0 bridgehead atoms. The van der Waals surface area contributed by atoms with Crippen molar-refractivity contribution in [1.29, 1.82) is 0 Å². The lowest BCUT2D eigenvalue weighted by atomic mass is 9.87. The standard InChI is InChI=1S/C36H58O10/c1-26(46-36(40)35(39)45-25-30-14-18-32(19-15-30)43-23-28-10-6-3-7-11-28)20-21-41-33(37)34(38)44-24-29-12-16-31(17-13-29)42-22-27-8-4-2-5-9-27/h26-32H,2-25H2,1H3. The van der Waals surface area contributed by atoms with Crippen LogP contribution in [0.1, 0.15) is 129 Å². The van der Waals surface area contributed by atoms with Gasteiger partial charge in [-0.05, 0) is 108 Å². The molecular formula is C36H58O10. The fourth-order valence-electron chi connectivity index (χ4n) is 7.35. The van der Waals surface area contributed by atoms with Gasteiger partial charge in [0.2, 0.25) is 0 Å². The molecule has 10 nitrogen and oxygen atoms in total. The molecule has 4 fully saturated rings. The van der Waals surface area contributed by atoms with Crippen LogP contribution < -0.4 is 0 Å². The van der Waals surface area contributed by atoms with Gasteiger partial charge >= 0.3 is 23.9 Å². The largest absolute Gasteiger partial charge is 0.457 e. The van der Waals surface area contributed by atoms with Crippen LogP contribution in [-0.4, -0.2) is 75.2 Å². The Kier molecular flexibility index (Phi) is 16.1. The van der Waals surface area contributed by atoms with Crippen LogP contribution in [0.5, 0.6) is 0 Å². The van der Waals surface area contributed by atoms with Gasteiger partial charge in [0.1, 0.15) is 6.10 Å². The van der Waals surface area contributed by atoms with Crippen molar-refractivity contribution in [2.24, 2.45) is 23.7 Å². The van der Waals surface area contributed by atoms with E-state index in [4.69, 9.17) is 28.4 Å². The maximum absolute atomic E-state index is 12.2. The average molecular weight is 651 g/mol. The van der Waals surface area contributed by atoms with Crippen molar-refractivity contribution in [2.45, 2.75) is 147 Å². The molecule has 46 heavy (non-hydrogen) atoms. The predicted molar refractivity (Wildman–Crippen MR) is 170 cm³/mol. The summed E-state index contributed by atoms with van der Waals surface area (Å²) < 4.78 is 32.9. The van der Waals surface area contributed by atoms with Gasteiger partial charge in [-0.2, -0.15) is 0 Å². The Morgan fingerprint density at radius 1 is 0.478 bits per heavy atom. The maximum Gasteiger partial charge on any atom is 0.417 e. The van der Waals surface area contributed by atoms with Gasteiger partial charge in [-0.25, -0.2) is 19.2 Å². The van der Waals surface area contributed by atoms with Crippen LogP contribution in [0.15, 0.2) is 0 Å². The zero-order valence-electron chi connectivity index (χ0n) is 28.1. The smallest absolute Gasteiger partial charge is 0.417 e. The number of hydrogen-bond acceptors (Lipinski definition) is 10. The van der Waals surface area contributed by atoms with E-state index in [1.807, 2.05) is 0 Å². The van der Waals surface area contributed by atoms with E-state index in [9.17, 15) is 19.2 Å². The van der Waals surface area contributed by atoms with E-state index < -0.39 is 30.0 Å². The monoisotopic (exact) mass is 650 g/mol. The van der Waals surface area contributed by atoms with Gasteiger partial charge in [-0.1, -0.05) is 38.5 Å². The molecule has 0 saturated heterocycles. The molecule has 0 aliphatic heterocycles. The zero-order chi connectivity index (χ0) is 32.6. The lowest BCUT2D eigenvalue weighted by Crippen LogP contribution is -2.30. The topological polar surface area (TPSA) is 124 Å². The first-order valence-corrected chi connectivity index (χ1v) is 18.3. The van der Waals surface area contributed by atoms with Crippen molar-refractivity contribution in [3.8, 4) is 0 Å². The number of carbonyl (C=O) groups excluding carboxylic acids is 4. The third-order valence-electron chi connectivity index (χ3n) is 10.5. The number of hydrogen-bond donors (Lipinski definition) is 0. The van der Waals surface area contributed by atoms with Gasteiger partial charge < -0.3 is 28.4 Å². The van der Waals surface area contributed by atoms with E-state index in [1.165, 1.54) is 64.2 Å². The molecule has 0 N–H and O–H groups in total. The minimum Gasteiger partial charge on any atom is -0.457 e. The molecule has 0 heterocycles. The van der Waals surface area contributed by atoms with Crippen LogP contribution in [0, 0.1) is 23.7 Å². The van der Waals surface area contributed by atoms with Gasteiger partial charge in [-0.3, -0.25) is 0 Å². The zero-order valence-corrected chi connectivity index (χ0v) is 28.1. The molecule has 0 amide bonds. The molecule has 1 unspecified atom stereocenters. The molecule has 4 aliphatic rings. The molecule has 4 saturated carbocycles. The Morgan fingerprint density at radius 2 is 0.870 bits per heavy atom. The molecular weight excluding hydrogens is 592 g/mol. The van der Waals surface area contributed by atoms with Crippen molar-refractivity contribution in [3.63, 3.8) is 0 Å². The number of esters is 4. The molecule has 4 aliphatic carbocycles.